The lowest BCUT2D eigenvalue weighted by atomic mass is 9.83. The van der Waals surface area contributed by atoms with Crippen LogP contribution >= 0.6 is 0 Å². The monoisotopic (exact) mass is 406 g/mol. The van der Waals surface area contributed by atoms with Crippen LogP contribution in [0.15, 0.2) is 66.9 Å². The van der Waals surface area contributed by atoms with E-state index in [1.807, 2.05) is 27.8 Å². The maximum atomic E-state index is 4.50. The second-order valence-electron chi connectivity index (χ2n) is 7.80. The summed E-state index contributed by atoms with van der Waals surface area (Å²) in [4.78, 5) is 0. The zero-order valence-corrected chi connectivity index (χ0v) is 20.3. The Bertz CT molecular complexity index is 800. The Balaban J connectivity index is 0.00000218. The van der Waals surface area contributed by atoms with Crippen LogP contribution in [0.1, 0.15) is 68.7 Å². The molecule has 164 valence electrons. The molecule has 0 aromatic heterocycles. The van der Waals surface area contributed by atoms with Crippen LogP contribution in [-0.2, 0) is 0 Å². The van der Waals surface area contributed by atoms with E-state index in [2.05, 4.69) is 81.5 Å². The van der Waals surface area contributed by atoms with Crippen molar-refractivity contribution in [3.63, 3.8) is 0 Å². The topological polar surface area (TPSA) is 24.1 Å². The van der Waals surface area contributed by atoms with Gasteiger partial charge in [-0.1, -0.05) is 63.0 Å². The van der Waals surface area contributed by atoms with E-state index in [-0.39, 0.29) is 5.92 Å². The van der Waals surface area contributed by atoms with Crippen LogP contribution in [0.2, 0.25) is 0 Å². The molecule has 0 heterocycles. The van der Waals surface area contributed by atoms with Gasteiger partial charge in [-0.3, -0.25) is 0 Å². The minimum atomic E-state index is 0.242. The van der Waals surface area contributed by atoms with Crippen molar-refractivity contribution in [2.75, 3.05) is 13.6 Å². The predicted octanol–water partition coefficient (Wildman–Crippen LogP) is 7.20. The summed E-state index contributed by atoms with van der Waals surface area (Å²) in [6.07, 6.45) is 8.18. The molecule has 1 aromatic carbocycles. The van der Waals surface area contributed by atoms with Gasteiger partial charge in [0.1, 0.15) is 0 Å². The molecule has 30 heavy (non-hydrogen) atoms. The first-order valence-corrected chi connectivity index (χ1v) is 11.2. The summed E-state index contributed by atoms with van der Waals surface area (Å²) in [5, 5.41) is 6.67. The van der Waals surface area contributed by atoms with Gasteiger partial charge in [0.25, 0.3) is 0 Å². The molecule has 1 saturated carbocycles. The van der Waals surface area contributed by atoms with Crippen LogP contribution in [-0.4, -0.2) is 13.6 Å². The van der Waals surface area contributed by atoms with Crippen molar-refractivity contribution in [2.45, 2.75) is 60.3 Å². The lowest BCUT2D eigenvalue weighted by Gasteiger charge is -2.22. The summed E-state index contributed by atoms with van der Waals surface area (Å²) in [5.41, 5.74) is 10.0. The highest BCUT2D eigenvalue weighted by Crippen LogP contribution is 2.49. The highest BCUT2D eigenvalue weighted by atomic mass is 14.9. The SMILES string of the molecule is C=C(CC1CC(=C)C(c2c(C)cc(/C(=C/C)NC)cc2C)C1=C)NC/C=C/C.CC. The molecule has 0 amide bonds. The molecular weight excluding hydrogens is 364 g/mol. The maximum absolute atomic E-state index is 4.50. The number of allylic oxidation sites excluding steroid dienone is 5. The van der Waals surface area contributed by atoms with Crippen LogP contribution in [0.4, 0.5) is 0 Å². The molecule has 1 aliphatic carbocycles. The molecule has 0 saturated heterocycles. The van der Waals surface area contributed by atoms with Crippen LogP contribution < -0.4 is 10.6 Å². The van der Waals surface area contributed by atoms with Crippen molar-refractivity contribution in [3.05, 3.63) is 89.2 Å². The van der Waals surface area contributed by atoms with Crippen molar-refractivity contribution in [1.29, 1.82) is 0 Å². The fraction of sp³-hybridized carbons (Fsp3) is 0.429. The van der Waals surface area contributed by atoms with E-state index < -0.39 is 0 Å². The van der Waals surface area contributed by atoms with Crippen molar-refractivity contribution in [2.24, 2.45) is 5.92 Å². The highest BCUT2D eigenvalue weighted by Gasteiger charge is 2.34. The largest absolute Gasteiger partial charge is 0.388 e. The number of nitrogens with one attached hydrogen (secondary N) is 2. The lowest BCUT2D eigenvalue weighted by molar-refractivity contribution is 0.618. The molecule has 2 nitrogen and oxygen atoms in total. The molecule has 2 rings (SSSR count). The molecule has 0 spiro atoms. The normalized spacial score (nSPS) is 19.0. The molecule has 1 aromatic rings. The van der Waals surface area contributed by atoms with E-state index in [1.165, 1.54) is 33.4 Å². The first-order valence-electron chi connectivity index (χ1n) is 11.2. The average molecular weight is 407 g/mol. The third kappa shape index (κ3) is 6.01. The first kappa shape index (κ1) is 25.6. The summed E-state index contributed by atoms with van der Waals surface area (Å²) < 4.78 is 0. The van der Waals surface area contributed by atoms with E-state index >= 15 is 0 Å². The first-order chi connectivity index (χ1) is 14.3. The second kappa shape index (κ2) is 12.3. The van der Waals surface area contributed by atoms with E-state index in [1.54, 1.807) is 0 Å². The van der Waals surface area contributed by atoms with Crippen molar-refractivity contribution in [3.8, 4) is 0 Å². The molecule has 0 aliphatic heterocycles. The van der Waals surface area contributed by atoms with Crippen molar-refractivity contribution >= 4 is 5.70 Å². The Morgan fingerprint density at radius 1 is 1.13 bits per heavy atom. The quantitative estimate of drug-likeness (QED) is 0.446. The van der Waals surface area contributed by atoms with E-state index in [4.69, 9.17) is 0 Å². The Morgan fingerprint density at radius 2 is 1.73 bits per heavy atom. The highest BCUT2D eigenvalue weighted by molar-refractivity contribution is 5.66. The minimum Gasteiger partial charge on any atom is -0.388 e. The van der Waals surface area contributed by atoms with Gasteiger partial charge in [-0.15, -0.1) is 0 Å². The molecule has 1 fully saturated rings. The number of rotatable bonds is 8. The molecule has 2 N–H and O–H groups in total. The van der Waals surface area contributed by atoms with Crippen LogP contribution in [0, 0.1) is 19.8 Å². The summed E-state index contributed by atoms with van der Waals surface area (Å²) in [6, 6.07) is 4.55. The van der Waals surface area contributed by atoms with Gasteiger partial charge in [-0.2, -0.15) is 0 Å². The molecule has 2 atom stereocenters. The van der Waals surface area contributed by atoms with Crippen molar-refractivity contribution in [1.82, 2.24) is 10.6 Å². The van der Waals surface area contributed by atoms with Crippen LogP contribution in [0.25, 0.3) is 5.70 Å². The van der Waals surface area contributed by atoms with Gasteiger partial charge < -0.3 is 10.6 Å². The number of hydrogen-bond donors (Lipinski definition) is 2. The van der Waals surface area contributed by atoms with Gasteiger partial charge in [-0.05, 0) is 80.8 Å². The van der Waals surface area contributed by atoms with E-state index in [0.717, 1.165) is 30.8 Å². The van der Waals surface area contributed by atoms with E-state index in [9.17, 15) is 0 Å². The molecular formula is C28H42N2. The molecule has 0 bridgehead atoms. The number of benzene rings is 1. The zero-order chi connectivity index (χ0) is 22.8. The average Bonchev–Trinajstić information content (AvgIpc) is 2.98. The lowest BCUT2D eigenvalue weighted by Crippen LogP contribution is -2.15. The Labute approximate surface area is 185 Å². The molecule has 0 radical (unpaired) electrons. The van der Waals surface area contributed by atoms with Gasteiger partial charge in [0.2, 0.25) is 0 Å². The van der Waals surface area contributed by atoms with Crippen LogP contribution in [0.5, 0.6) is 0 Å². The standard InChI is InChI=1S/C26H36N2.C2H6/c1-9-11-12-28-20(6)16-22-13-19(5)26(21(22)7)25-17(3)14-23(15-18(25)4)24(10-2)27-8;1-2/h9-11,14-15,22,26-28H,5-7,12-13,16H2,1-4,8H3;1-2H3/b11-9+,24-10-;. The summed E-state index contributed by atoms with van der Waals surface area (Å²) in [5.74, 6) is 0.649. The molecule has 1 aliphatic rings. The second-order valence-corrected chi connectivity index (χ2v) is 7.80. The van der Waals surface area contributed by atoms with Gasteiger partial charge >= 0.3 is 0 Å². The van der Waals surface area contributed by atoms with Gasteiger partial charge in [0, 0.05) is 30.9 Å². The Kier molecular flexibility index (Phi) is 10.5. The fourth-order valence-corrected chi connectivity index (χ4v) is 4.39. The van der Waals surface area contributed by atoms with Crippen molar-refractivity contribution < 1.29 is 0 Å². The smallest absolute Gasteiger partial charge is 0.0368 e. The minimum absolute atomic E-state index is 0.242. The number of hydrogen-bond acceptors (Lipinski definition) is 2. The third-order valence-electron chi connectivity index (χ3n) is 5.76. The van der Waals surface area contributed by atoms with Gasteiger partial charge in [-0.25, -0.2) is 0 Å². The summed E-state index contributed by atoms with van der Waals surface area (Å²) in [7, 11) is 1.97. The van der Waals surface area contributed by atoms with Crippen LogP contribution in [0.3, 0.4) is 0 Å². The third-order valence-corrected chi connectivity index (χ3v) is 5.76. The Hall–Kier alpha value is -2.48. The predicted molar refractivity (Wildman–Crippen MR) is 136 cm³/mol. The summed E-state index contributed by atoms with van der Waals surface area (Å²) >= 11 is 0. The fourth-order valence-electron chi connectivity index (χ4n) is 4.39. The van der Waals surface area contributed by atoms with E-state index in [0.29, 0.717) is 5.92 Å². The zero-order valence-electron chi connectivity index (χ0n) is 20.3. The maximum Gasteiger partial charge on any atom is 0.0368 e. The van der Waals surface area contributed by atoms with Gasteiger partial charge in [0.05, 0.1) is 0 Å². The van der Waals surface area contributed by atoms with Gasteiger partial charge in [0.15, 0.2) is 0 Å². The number of aryl methyl sites for hydroxylation is 2. The molecule has 2 unspecified atom stereocenters. The Morgan fingerprint density at radius 3 is 2.23 bits per heavy atom. The molecule has 2 heteroatoms. The summed E-state index contributed by atoms with van der Waals surface area (Å²) in [6.45, 7) is 26.5.